The normalized spacial score (nSPS) is 19.4. The first-order chi connectivity index (χ1) is 19.5. The molecule has 2 aromatic rings. The highest BCUT2D eigenvalue weighted by molar-refractivity contribution is 8.01. The molecule has 0 bridgehead atoms. The minimum absolute atomic E-state index is 0.000277. The van der Waals surface area contributed by atoms with Crippen LogP contribution < -0.4 is 11.1 Å². The van der Waals surface area contributed by atoms with Gasteiger partial charge in [0.25, 0.3) is 11.8 Å². The molecule has 2 aliphatic heterocycles. The second-order valence-corrected chi connectivity index (χ2v) is 12.9. The van der Waals surface area contributed by atoms with E-state index in [0.717, 1.165) is 21.2 Å². The summed E-state index contributed by atoms with van der Waals surface area (Å²) in [6.45, 7) is 6.56. The van der Waals surface area contributed by atoms with Crippen molar-refractivity contribution >= 4 is 81.2 Å². The lowest BCUT2D eigenvalue weighted by atomic mass is 10.0. The maximum Gasteiger partial charge on any atom is 0.511 e. The predicted octanol–water partition coefficient (Wildman–Crippen LogP) is 2.57. The average molecular weight is 643 g/mol. The van der Waals surface area contributed by atoms with Gasteiger partial charge in [0.15, 0.2) is 10.8 Å². The Kier molecular flexibility index (Phi) is 9.77. The number of thiazole rings is 1. The van der Waals surface area contributed by atoms with Crippen LogP contribution in [0.2, 0.25) is 0 Å². The number of amides is 2. The highest BCUT2D eigenvalue weighted by Gasteiger charge is 2.55. The number of nitrogens with one attached hydrogen (secondary N) is 1. The van der Waals surface area contributed by atoms with Crippen LogP contribution in [0.4, 0.5) is 9.93 Å². The van der Waals surface area contributed by atoms with E-state index in [4.69, 9.17) is 19.9 Å². The molecule has 220 valence electrons. The van der Waals surface area contributed by atoms with Crippen LogP contribution in [0.15, 0.2) is 32.9 Å². The number of hydrogen-bond donors (Lipinski definition) is 3. The van der Waals surface area contributed by atoms with Gasteiger partial charge in [-0.1, -0.05) is 5.16 Å². The average Bonchev–Trinajstić information content (AvgIpc) is 3.52. The maximum absolute atomic E-state index is 13.3. The molecule has 4 heterocycles. The van der Waals surface area contributed by atoms with Gasteiger partial charge in [-0.05, 0) is 43.9 Å². The van der Waals surface area contributed by atoms with Gasteiger partial charge in [-0.3, -0.25) is 14.5 Å². The summed E-state index contributed by atoms with van der Waals surface area (Å²) in [6, 6.07) is 0.896. The number of esters is 1. The van der Waals surface area contributed by atoms with E-state index in [9.17, 15) is 24.4 Å². The predicted molar refractivity (Wildman–Crippen MR) is 153 cm³/mol. The summed E-state index contributed by atoms with van der Waals surface area (Å²) < 4.78 is 19.6. The zero-order valence-corrected chi connectivity index (χ0v) is 25.4. The number of thioether (sulfide) groups is 2. The Morgan fingerprint density at radius 3 is 2.66 bits per heavy atom. The second kappa shape index (κ2) is 13.1. The molecule has 14 nitrogen and oxygen atoms in total. The second-order valence-electron chi connectivity index (χ2n) is 8.90. The molecule has 2 aromatic heterocycles. The Hall–Kier alpha value is -3.35. The Labute approximate surface area is 250 Å². The summed E-state index contributed by atoms with van der Waals surface area (Å²) >= 11 is 5.15. The fourth-order valence-electron chi connectivity index (χ4n) is 3.76. The quantitative estimate of drug-likeness (QED) is 0.0651. The van der Waals surface area contributed by atoms with Gasteiger partial charge in [-0.25, -0.2) is 14.6 Å². The molecular formula is C23H26N6O8S4. The van der Waals surface area contributed by atoms with Crippen molar-refractivity contribution in [2.75, 3.05) is 17.2 Å². The molecule has 1 saturated heterocycles. The number of aromatic nitrogens is 2. The standard InChI is InChI=1S/C23H26N6O8S4/c1-9(2)35-23(33)37-11(4)36-21(32)17-12(6-38-14-5-10(3)41-28-14)7-39-20-16(19(31)29(17)20)26-18(30)15(27-34)13-8-40-22(24)25-13/h5,8-9,11,16,20,34H,6-7H2,1-4H3,(H2,24,25)(H,26,30)/b27-15-/t11?,16-,20+/m1/s1. The summed E-state index contributed by atoms with van der Waals surface area (Å²) in [5, 5.41) is 16.7. The lowest BCUT2D eigenvalue weighted by molar-refractivity contribution is -0.169. The Morgan fingerprint density at radius 1 is 1.29 bits per heavy atom. The van der Waals surface area contributed by atoms with Gasteiger partial charge in [0.05, 0.1) is 6.10 Å². The zero-order chi connectivity index (χ0) is 29.8. The van der Waals surface area contributed by atoms with E-state index < -0.39 is 53.5 Å². The molecule has 0 spiro atoms. The fraction of sp³-hybridized carbons (Fsp3) is 0.435. The Balaban J connectivity index is 1.51. The van der Waals surface area contributed by atoms with Crippen molar-refractivity contribution in [3.05, 3.63) is 33.3 Å². The number of nitrogens with zero attached hydrogens (tertiary/aromatic N) is 4. The number of fused-ring (bicyclic) bond motifs is 1. The number of carbonyl (C=O) groups excluding carboxylic acids is 4. The van der Waals surface area contributed by atoms with Crippen LogP contribution in [0.1, 0.15) is 31.3 Å². The van der Waals surface area contributed by atoms with Gasteiger partial charge in [-0.15, -0.1) is 34.9 Å². The molecular weight excluding hydrogens is 617 g/mol. The van der Waals surface area contributed by atoms with Crippen molar-refractivity contribution in [2.24, 2.45) is 5.16 Å². The summed E-state index contributed by atoms with van der Waals surface area (Å²) in [7, 11) is 0. The SMILES string of the molecule is Cc1cc(SCC2=C(C(=O)OC(C)OC(=O)OC(C)C)N3C(=O)[C@@H](NC(=O)/C(=N\O)c4csc(N)n4)[C@@H]3SC2)ns1. The molecule has 2 amide bonds. The van der Waals surface area contributed by atoms with Crippen LogP contribution >= 0.6 is 46.4 Å². The van der Waals surface area contributed by atoms with Crippen molar-refractivity contribution < 1.29 is 38.6 Å². The molecule has 4 N–H and O–H groups in total. The molecule has 2 aliphatic rings. The molecule has 0 aliphatic carbocycles. The third-order valence-corrected chi connectivity index (χ3v) is 9.30. The van der Waals surface area contributed by atoms with E-state index in [1.54, 1.807) is 13.8 Å². The summed E-state index contributed by atoms with van der Waals surface area (Å²) in [4.78, 5) is 57.6. The first-order valence-electron chi connectivity index (χ1n) is 12.0. The van der Waals surface area contributed by atoms with E-state index in [1.807, 2.05) is 13.0 Å². The largest absolute Gasteiger partial charge is 0.511 e. The van der Waals surface area contributed by atoms with Crippen molar-refractivity contribution in [3.8, 4) is 0 Å². The zero-order valence-electron chi connectivity index (χ0n) is 22.2. The third-order valence-electron chi connectivity index (χ3n) is 5.47. The number of β-lactam (4-membered cyclic amide) rings is 1. The Bertz CT molecular complexity index is 1410. The number of ether oxygens (including phenoxy) is 3. The van der Waals surface area contributed by atoms with Crippen molar-refractivity contribution in [3.63, 3.8) is 0 Å². The van der Waals surface area contributed by atoms with E-state index in [0.29, 0.717) is 17.1 Å². The van der Waals surface area contributed by atoms with E-state index in [1.165, 1.54) is 52.3 Å². The Morgan fingerprint density at radius 2 is 2.05 bits per heavy atom. The van der Waals surface area contributed by atoms with Crippen molar-refractivity contribution in [1.29, 1.82) is 0 Å². The summed E-state index contributed by atoms with van der Waals surface area (Å²) in [5.74, 6) is -1.60. The van der Waals surface area contributed by atoms with Crippen LogP contribution in [0.5, 0.6) is 0 Å². The van der Waals surface area contributed by atoms with E-state index in [-0.39, 0.29) is 16.5 Å². The first-order valence-corrected chi connectivity index (χ1v) is 15.7. The van der Waals surface area contributed by atoms with E-state index >= 15 is 0 Å². The number of nitrogen functional groups attached to an aromatic ring is 1. The number of anilines is 1. The molecule has 1 fully saturated rings. The smallest absolute Gasteiger partial charge is 0.431 e. The highest BCUT2D eigenvalue weighted by Crippen LogP contribution is 2.42. The topological polar surface area (TPSA) is 196 Å². The lowest BCUT2D eigenvalue weighted by Gasteiger charge is -2.49. The lowest BCUT2D eigenvalue weighted by Crippen LogP contribution is -2.71. The highest BCUT2D eigenvalue weighted by atomic mass is 32.2. The van der Waals surface area contributed by atoms with Crippen LogP contribution in [0.25, 0.3) is 0 Å². The van der Waals surface area contributed by atoms with Gasteiger partial charge < -0.3 is 30.5 Å². The van der Waals surface area contributed by atoms with Crippen LogP contribution in [-0.4, -0.2) is 84.4 Å². The third kappa shape index (κ3) is 7.11. The van der Waals surface area contributed by atoms with Crippen molar-refractivity contribution in [1.82, 2.24) is 19.6 Å². The summed E-state index contributed by atoms with van der Waals surface area (Å²) in [5.41, 5.74) is 5.86. The van der Waals surface area contributed by atoms with Gasteiger partial charge in [0, 0.05) is 28.7 Å². The van der Waals surface area contributed by atoms with Gasteiger partial charge in [-0.2, -0.15) is 4.37 Å². The molecule has 4 rings (SSSR count). The monoisotopic (exact) mass is 642 g/mol. The van der Waals surface area contributed by atoms with Gasteiger partial charge in [0.2, 0.25) is 6.29 Å². The van der Waals surface area contributed by atoms with Crippen molar-refractivity contribution in [2.45, 2.75) is 56.5 Å². The molecule has 41 heavy (non-hydrogen) atoms. The van der Waals surface area contributed by atoms with Crippen LogP contribution in [0.3, 0.4) is 0 Å². The minimum Gasteiger partial charge on any atom is -0.431 e. The molecule has 1 unspecified atom stereocenters. The number of oxime groups is 1. The first kappa shape index (κ1) is 30.6. The molecule has 3 atom stereocenters. The maximum atomic E-state index is 13.3. The number of hydrogen-bond acceptors (Lipinski definition) is 16. The van der Waals surface area contributed by atoms with E-state index in [2.05, 4.69) is 19.8 Å². The molecule has 18 heteroatoms. The number of carbonyl (C=O) groups is 4. The number of aryl methyl sites for hydroxylation is 1. The number of nitrogens with two attached hydrogens (primary N) is 1. The number of rotatable bonds is 10. The molecule has 0 radical (unpaired) electrons. The van der Waals surface area contributed by atoms with Gasteiger partial charge >= 0.3 is 12.1 Å². The molecule has 0 aromatic carbocycles. The van der Waals surface area contributed by atoms with Crippen LogP contribution in [-0.2, 0) is 28.6 Å². The van der Waals surface area contributed by atoms with Gasteiger partial charge in [0.1, 0.15) is 27.8 Å². The van der Waals surface area contributed by atoms with Crippen LogP contribution in [0, 0.1) is 6.92 Å². The fourth-order valence-corrected chi connectivity index (χ4v) is 7.45. The summed E-state index contributed by atoms with van der Waals surface area (Å²) in [6.07, 6.45) is -2.74. The molecule has 0 saturated carbocycles. The minimum atomic E-state index is -1.30.